The van der Waals surface area contributed by atoms with Gasteiger partial charge in [-0.2, -0.15) is 4.74 Å². The molecule has 1 aliphatic rings. The molecule has 0 amide bonds. The van der Waals surface area contributed by atoms with Gasteiger partial charge in [-0.25, -0.2) is 0 Å². The number of benzene rings is 1. The molecule has 0 radical (unpaired) electrons. The number of hydroxylamine groups is 1. The van der Waals surface area contributed by atoms with Crippen molar-refractivity contribution in [2.75, 3.05) is 0 Å². The highest BCUT2D eigenvalue weighted by molar-refractivity contribution is 9.10. The summed E-state index contributed by atoms with van der Waals surface area (Å²) in [6.45, 7) is 0. The van der Waals surface area contributed by atoms with E-state index in [9.17, 15) is 10.0 Å². The molecule has 1 aliphatic carbocycles. The Morgan fingerprint density at radius 3 is 2.79 bits per heavy atom. The number of rotatable bonds is 3. The minimum absolute atomic E-state index is 0.355. The van der Waals surface area contributed by atoms with Gasteiger partial charge in [0.15, 0.2) is 0 Å². The van der Waals surface area contributed by atoms with Crippen LogP contribution in [0.4, 0.5) is 0 Å². The van der Waals surface area contributed by atoms with Gasteiger partial charge in [-0.1, -0.05) is 21.1 Å². The number of Topliss-reactive ketones (excluding diaryl/α,β-unsaturated/α-hetero) is 1. The molecule has 1 atom stereocenters. The molecule has 1 N–H and O–H groups in total. The van der Waals surface area contributed by atoms with E-state index < -0.39 is 6.04 Å². The third kappa shape index (κ3) is 3.20. The van der Waals surface area contributed by atoms with Crippen molar-refractivity contribution in [1.82, 2.24) is 0 Å². The molecular formula is C13H13BrN2O3. The Hall–Kier alpha value is -1.69. The highest BCUT2D eigenvalue weighted by Crippen LogP contribution is 2.18. The van der Waals surface area contributed by atoms with Gasteiger partial charge in [0, 0.05) is 16.5 Å². The zero-order valence-corrected chi connectivity index (χ0v) is 11.7. The molecule has 1 aromatic rings. The highest BCUT2D eigenvalue weighted by atomic mass is 79.9. The molecular weight excluding hydrogens is 312 g/mol. The second-order valence-corrected chi connectivity index (χ2v) is 5.28. The van der Waals surface area contributed by atoms with Crippen LogP contribution in [0.3, 0.4) is 0 Å². The second-order valence-electron chi connectivity index (χ2n) is 4.36. The summed E-state index contributed by atoms with van der Waals surface area (Å²) in [6, 6.07) is 6.25. The predicted molar refractivity (Wildman–Crippen MR) is 75.0 cm³/mol. The molecule has 1 saturated carbocycles. The summed E-state index contributed by atoms with van der Waals surface area (Å²) in [5.74, 6) is -0.355. The SMILES string of the molecule is O=C(/C=[N+](\[O-])C1CCC/C1=N\O)c1ccc(Br)cc1. The largest absolute Gasteiger partial charge is 0.623 e. The number of hydrogen-bond acceptors (Lipinski definition) is 4. The maximum atomic E-state index is 11.9. The van der Waals surface area contributed by atoms with Gasteiger partial charge in [-0.3, -0.25) is 4.79 Å². The van der Waals surface area contributed by atoms with Crippen molar-refractivity contribution in [3.05, 3.63) is 39.5 Å². The van der Waals surface area contributed by atoms with Gasteiger partial charge < -0.3 is 10.4 Å². The minimum Gasteiger partial charge on any atom is -0.623 e. The lowest BCUT2D eigenvalue weighted by Crippen LogP contribution is -2.28. The number of ketones is 1. The van der Waals surface area contributed by atoms with Crippen molar-refractivity contribution < 1.29 is 14.7 Å². The first-order valence-electron chi connectivity index (χ1n) is 5.93. The lowest BCUT2D eigenvalue weighted by atomic mass is 10.1. The Bertz CT molecular complexity index is 537. The van der Waals surface area contributed by atoms with Crippen LogP contribution in [0, 0.1) is 5.21 Å². The minimum atomic E-state index is -0.524. The molecule has 0 saturated heterocycles. The fraction of sp³-hybridized carbons (Fsp3) is 0.308. The molecule has 0 aliphatic heterocycles. The number of halogens is 1. The van der Waals surface area contributed by atoms with Crippen LogP contribution in [0.5, 0.6) is 0 Å². The van der Waals surface area contributed by atoms with E-state index in [1.807, 2.05) is 0 Å². The molecule has 100 valence electrons. The van der Waals surface area contributed by atoms with Crippen molar-refractivity contribution in [3.63, 3.8) is 0 Å². The van der Waals surface area contributed by atoms with E-state index in [0.717, 1.165) is 17.1 Å². The molecule has 2 rings (SSSR count). The van der Waals surface area contributed by atoms with E-state index in [1.165, 1.54) is 0 Å². The van der Waals surface area contributed by atoms with Crippen LogP contribution in [0.15, 0.2) is 33.9 Å². The van der Waals surface area contributed by atoms with E-state index >= 15 is 0 Å². The van der Waals surface area contributed by atoms with E-state index in [4.69, 9.17) is 5.21 Å². The normalized spacial score (nSPS) is 21.8. The van der Waals surface area contributed by atoms with Crippen molar-refractivity contribution in [1.29, 1.82) is 0 Å². The quantitative estimate of drug-likeness (QED) is 0.232. The Morgan fingerprint density at radius 2 is 2.16 bits per heavy atom. The molecule has 1 fully saturated rings. The van der Waals surface area contributed by atoms with E-state index in [2.05, 4.69) is 21.1 Å². The second kappa shape index (κ2) is 5.97. The van der Waals surface area contributed by atoms with Crippen molar-refractivity contribution in [2.45, 2.75) is 25.3 Å². The third-order valence-corrected chi connectivity index (χ3v) is 3.63. The van der Waals surface area contributed by atoms with E-state index in [1.54, 1.807) is 24.3 Å². The first kappa shape index (κ1) is 13.7. The van der Waals surface area contributed by atoms with Crippen molar-refractivity contribution in [2.24, 2.45) is 5.16 Å². The molecule has 0 heterocycles. The average molecular weight is 325 g/mol. The van der Waals surface area contributed by atoms with Crippen LogP contribution in [0.2, 0.25) is 0 Å². The van der Waals surface area contributed by atoms with Crippen molar-refractivity contribution in [3.8, 4) is 0 Å². The predicted octanol–water partition coefficient (Wildman–Crippen LogP) is 2.60. The Balaban J connectivity index is 2.16. The molecule has 0 spiro atoms. The van der Waals surface area contributed by atoms with Crippen LogP contribution in [0.1, 0.15) is 29.6 Å². The number of nitrogens with zero attached hydrogens (tertiary/aromatic N) is 2. The summed E-state index contributed by atoms with van der Waals surface area (Å²) in [4.78, 5) is 11.9. The Labute approximate surface area is 119 Å². The number of carbonyl (C=O) groups is 1. The standard InChI is InChI=1S/C13H13BrN2O3/c14-10-6-4-9(5-7-10)13(17)8-16(19)12-3-1-2-11(12)15-18/h4-8,12,18H,1-3H2/b15-11+,16-8-. The van der Waals surface area contributed by atoms with Crippen LogP contribution in [0.25, 0.3) is 0 Å². The first-order valence-corrected chi connectivity index (χ1v) is 6.72. The summed E-state index contributed by atoms with van der Waals surface area (Å²) < 4.78 is 1.46. The van der Waals surface area contributed by atoms with Gasteiger partial charge in [0.05, 0.1) is 0 Å². The maximum absolute atomic E-state index is 11.9. The molecule has 6 heteroatoms. The van der Waals surface area contributed by atoms with Crippen LogP contribution in [-0.2, 0) is 0 Å². The van der Waals surface area contributed by atoms with E-state index in [-0.39, 0.29) is 5.78 Å². The topological polar surface area (TPSA) is 75.7 Å². The number of hydrogen-bond donors (Lipinski definition) is 1. The fourth-order valence-corrected chi connectivity index (χ4v) is 2.36. The van der Waals surface area contributed by atoms with Gasteiger partial charge >= 0.3 is 0 Å². The third-order valence-electron chi connectivity index (χ3n) is 3.10. The van der Waals surface area contributed by atoms with Crippen LogP contribution < -0.4 is 0 Å². The summed E-state index contributed by atoms with van der Waals surface area (Å²) in [5, 5.41) is 23.8. The van der Waals surface area contributed by atoms with Crippen molar-refractivity contribution >= 4 is 33.6 Å². The zero-order chi connectivity index (χ0) is 13.8. The number of oxime groups is 1. The van der Waals surface area contributed by atoms with Gasteiger partial charge in [0.1, 0.15) is 5.71 Å². The molecule has 1 unspecified atom stereocenters. The number of carbonyl (C=O) groups excluding carboxylic acids is 1. The van der Waals surface area contributed by atoms with Gasteiger partial charge in [0.2, 0.25) is 18.0 Å². The first-order chi connectivity index (χ1) is 9.11. The summed E-state index contributed by atoms with van der Waals surface area (Å²) in [7, 11) is 0. The smallest absolute Gasteiger partial charge is 0.249 e. The zero-order valence-electron chi connectivity index (χ0n) is 10.1. The van der Waals surface area contributed by atoms with Gasteiger partial charge in [-0.15, -0.1) is 0 Å². The molecule has 0 bridgehead atoms. The molecule has 19 heavy (non-hydrogen) atoms. The Morgan fingerprint density at radius 1 is 1.47 bits per heavy atom. The average Bonchev–Trinajstić information content (AvgIpc) is 2.87. The summed E-state index contributed by atoms with van der Waals surface area (Å²) in [5.41, 5.74) is 0.888. The van der Waals surface area contributed by atoms with Crippen LogP contribution >= 0.6 is 15.9 Å². The van der Waals surface area contributed by atoms with Gasteiger partial charge in [-0.05, 0) is 37.1 Å². The summed E-state index contributed by atoms with van der Waals surface area (Å²) >= 11 is 3.28. The lowest BCUT2D eigenvalue weighted by Gasteiger charge is -2.10. The monoisotopic (exact) mass is 324 g/mol. The molecule has 1 aromatic carbocycles. The Kier molecular flexibility index (Phi) is 4.31. The highest BCUT2D eigenvalue weighted by Gasteiger charge is 2.30. The molecule has 0 aromatic heterocycles. The lowest BCUT2D eigenvalue weighted by molar-refractivity contribution is -0.474. The fourth-order valence-electron chi connectivity index (χ4n) is 2.09. The van der Waals surface area contributed by atoms with E-state index in [0.29, 0.717) is 28.9 Å². The summed E-state index contributed by atoms with van der Waals surface area (Å²) in [6.07, 6.45) is 3.01. The van der Waals surface area contributed by atoms with Gasteiger partial charge in [0.25, 0.3) is 0 Å². The van der Waals surface area contributed by atoms with Crippen LogP contribution in [-0.4, -0.2) is 33.7 Å². The maximum Gasteiger partial charge on any atom is 0.249 e. The molecule has 5 nitrogen and oxygen atoms in total.